The maximum atomic E-state index is 12.3. The van der Waals surface area contributed by atoms with Gasteiger partial charge in [0.1, 0.15) is 12.7 Å². The van der Waals surface area contributed by atoms with Crippen molar-refractivity contribution in [3.8, 4) is 6.07 Å². The number of hydrogen-bond donors (Lipinski definition) is 1. The van der Waals surface area contributed by atoms with Crippen molar-refractivity contribution < 1.29 is 18.3 Å². The van der Waals surface area contributed by atoms with E-state index in [0.717, 1.165) is 0 Å². The van der Waals surface area contributed by atoms with Gasteiger partial charge in [-0.1, -0.05) is 0 Å². The van der Waals surface area contributed by atoms with Crippen molar-refractivity contribution >= 4 is 7.60 Å². The maximum absolute atomic E-state index is 12.3. The second kappa shape index (κ2) is 5.90. The van der Waals surface area contributed by atoms with E-state index in [-0.39, 0.29) is 24.4 Å². The van der Waals surface area contributed by atoms with E-state index in [2.05, 4.69) is 5.32 Å². The molecule has 0 saturated carbocycles. The van der Waals surface area contributed by atoms with Crippen molar-refractivity contribution in [2.75, 3.05) is 26.4 Å². The molecule has 0 spiro atoms. The van der Waals surface area contributed by atoms with Gasteiger partial charge in [0.15, 0.2) is 0 Å². The molecule has 1 aliphatic rings. The second-order valence-corrected chi connectivity index (χ2v) is 4.86. The number of allylic oxidation sites excluding steroid dienone is 1. The average Bonchev–Trinajstić information content (AvgIpc) is 2.72. The number of nitrogens with zero attached hydrogens (tertiary/aromatic N) is 1. The van der Waals surface area contributed by atoms with Gasteiger partial charge >= 0.3 is 7.60 Å². The van der Waals surface area contributed by atoms with Gasteiger partial charge in [0.25, 0.3) is 0 Å². The summed E-state index contributed by atoms with van der Waals surface area (Å²) >= 11 is 0. The Morgan fingerprint density at radius 3 is 2.56 bits per heavy atom. The Balaban J connectivity index is 3.04. The molecule has 0 radical (unpaired) electrons. The van der Waals surface area contributed by atoms with Gasteiger partial charge in [-0.05, 0) is 13.8 Å². The second-order valence-electron chi connectivity index (χ2n) is 2.90. The molecule has 0 aromatic heterocycles. The Morgan fingerprint density at radius 2 is 2.19 bits per heavy atom. The summed E-state index contributed by atoms with van der Waals surface area (Å²) in [6.07, 6.45) is 0. The van der Waals surface area contributed by atoms with Crippen LogP contribution in [0.25, 0.3) is 0 Å². The fourth-order valence-corrected chi connectivity index (χ4v) is 2.79. The van der Waals surface area contributed by atoms with Crippen LogP contribution in [0.1, 0.15) is 13.8 Å². The maximum Gasteiger partial charge on any atom is 0.377 e. The molecule has 90 valence electrons. The van der Waals surface area contributed by atoms with Crippen molar-refractivity contribution in [1.82, 2.24) is 5.32 Å². The summed E-state index contributed by atoms with van der Waals surface area (Å²) in [4.78, 5) is 0. The van der Waals surface area contributed by atoms with Crippen LogP contribution in [0.3, 0.4) is 0 Å². The Morgan fingerprint density at radius 1 is 1.56 bits per heavy atom. The smallest absolute Gasteiger partial charge is 0.377 e. The molecule has 1 aliphatic heterocycles. The van der Waals surface area contributed by atoms with Gasteiger partial charge in [-0.25, -0.2) is 0 Å². The molecule has 0 unspecified atom stereocenters. The van der Waals surface area contributed by atoms with E-state index in [9.17, 15) is 4.57 Å². The van der Waals surface area contributed by atoms with Crippen LogP contribution in [-0.2, 0) is 18.3 Å². The summed E-state index contributed by atoms with van der Waals surface area (Å²) < 4.78 is 27.6. The van der Waals surface area contributed by atoms with Crippen LogP contribution in [0.15, 0.2) is 11.2 Å². The predicted molar refractivity (Wildman–Crippen MR) is 57.5 cm³/mol. The molecule has 0 atom stereocenters. The SMILES string of the molecule is CCOP(=O)(OCC)/C(C#N)=C1\NCCO1. The lowest BCUT2D eigenvalue weighted by Gasteiger charge is -2.16. The monoisotopic (exact) mass is 246 g/mol. The van der Waals surface area contributed by atoms with E-state index in [1.807, 2.05) is 6.07 Å². The van der Waals surface area contributed by atoms with Gasteiger partial charge in [-0.15, -0.1) is 0 Å². The lowest BCUT2D eigenvalue weighted by Crippen LogP contribution is -2.09. The third-order valence-corrected chi connectivity index (χ3v) is 3.87. The largest absolute Gasteiger partial charge is 0.476 e. The molecule has 1 saturated heterocycles. The molecule has 1 fully saturated rings. The Labute approximate surface area is 94.7 Å². The zero-order valence-electron chi connectivity index (χ0n) is 9.36. The minimum atomic E-state index is -3.55. The number of nitriles is 1. The summed E-state index contributed by atoms with van der Waals surface area (Å²) in [6.45, 7) is 4.81. The normalized spacial score (nSPS) is 18.6. The van der Waals surface area contributed by atoms with Gasteiger partial charge < -0.3 is 19.1 Å². The Kier molecular flexibility index (Phi) is 4.81. The first-order valence-electron chi connectivity index (χ1n) is 5.08. The molecule has 16 heavy (non-hydrogen) atoms. The highest BCUT2D eigenvalue weighted by Gasteiger charge is 2.35. The molecule has 1 N–H and O–H groups in total. The molecule has 0 amide bonds. The van der Waals surface area contributed by atoms with Gasteiger partial charge in [0.05, 0.1) is 19.8 Å². The van der Waals surface area contributed by atoms with E-state index in [1.54, 1.807) is 13.8 Å². The third kappa shape index (κ3) is 2.76. The van der Waals surface area contributed by atoms with E-state index >= 15 is 0 Å². The number of rotatable bonds is 5. The lowest BCUT2D eigenvalue weighted by molar-refractivity contribution is 0.222. The predicted octanol–water partition coefficient (Wildman–Crippen LogP) is 1.56. The van der Waals surface area contributed by atoms with Crippen molar-refractivity contribution in [2.24, 2.45) is 0 Å². The topological polar surface area (TPSA) is 80.6 Å². The van der Waals surface area contributed by atoms with E-state index in [0.29, 0.717) is 13.2 Å². The molecule has 6 nitrogen and oxygen atoms in total. The quantitative estimate of drug-likeness (QED) is 0.585. The van der Waals surface area contributed by atoms with Crippen LogP contribution in [-0.4, -0.2) is 26.4 Å². The molecule has 0 aromatic rings. The summed E-state index contributed by atoms with van der Waals surface area (Å²) in [5, 5.41) is 11.8. The van der Waals surface area contributed by atoms with E-state index in [1.165, 1.54) is 0 Å². The Bertz CT molecular complexity index is 343. The molecule has 0 aromatic carbocycles. The first kappa shape index (κ1) is 13.0. The number of nitrogens with one attached hydrogen (secondary N) is 1. The van der Waals surface area contributed by atoms with Gasteiger partial charge in [0.2, 0.25) is 11.2 Å². The summed E-state index contributed by atoms with van der Waals surface area (Å²) in [6, 6.07) is 1.83. The first-order chi connectivity index (χ1) is 7.68. The third-order valence-electron chi connectivity index (χ3n) is 1.83. The summed E-state index contributed by atoms with van der Waals surface area (Å²) in [5.41, 5.74) is 0. The summed E-state index contributed by atoms with van der Waals surface area (Å²) in [7, 11) is -3.55. The highest BCUT2D eigenvalue weighted by Crippen LogP contribution is 2.56. The van der Waals surface area contributed by atoms with Crippen LogP contribution < -0.4 is 5.32 Å². The molecule has 0 aliphatic carbocycles. The molecule has 0 bridgehead atoms. The van der Waals surface area contributed by atoms with Crippen LogP contribution in [0.5, 0.6) is 0 Å². The standard InChI is InChI=1S/C9H15N2O4P/c1-3-14-16(12,15-4-2)8(7-10)9-11-5-6-13-9/h11H,3-6H2,1-2H3/b9-8+. The van der Waals surface area contributed by atoms with Crippen LogP contribution in [0.2, 0.25) is 0 Å². The molecule has 1 rings (SSSR count). The fourth-order valence-electron chi connectivity index (χ4n) is 1.26. The molecule has 7 heteroatoms. The highest BCUT2D eigenvalue weighted by atomic mass is 31.2. The molecular formula is C9H15N2O4P. The minimum absolute atomic E-state index is 0.0892. The van der Waals surface area contributed by atoms with Gasteiger partial charge in [0, 0.05) is 0 Å². The van der Waals surface area contributed by atoms with Crippen molar-refractivity contribution in [2.45, 2.75) is 13.8 Å². The van der Waals surface area contributed by atoms with Crippen molar-refractivity contribution in [1.29, 1.82) is 5.26 Å². The van der Waals surface area contributed by atoms with E-state index < -0.39 is 7.60 Å². The Hall–Kier alpha value is -1.02. The molecule has 1 heterocycles. The van der Waals surface area contributed by atoms with Crippen LogP contribution >= 0.6 is 7.60 Å². The molecular weight excluding hydrogens is 231 g/mol. The average molecular weight is 246 g/mol. The van der Waals surface area contributed by atoms with Gasteiger partial charge in [-0.2, -0.15) is 5.26 Å². The minimum Gasteiger partial charge on any atom is -0.476 e. The summed E-state index contributed by atoms with van der Waals surface area (Å²) in [5.74, 6) is 0.202. The fraction of sp³-hybridized carbons (Fsp3) is 0.667. The highest BCUT2D eigenvalue weighted by molar-refractivity contribution is 7.58. The van der Waals surface area contributed by atoms with Crippen LogP contribution in [0.4, 0.5) is 0 Å². The zero-order valence-corrected chi connectivity index (χ0v) is 10.3. The number of hydrogen-bond acceptors (Lipinski definition) is 6. The first-order valence-corrected chi connectivity index (χ1v) is 6.63. The lowest BCUT2D eigenvalue weighted by atomic mass is 10.6. The zero-order chi connectivity index (χ0) is 12.0. The number of ether oxygens (including phenoxy) is 1. The van der Waals surface area contributed by atoms with Crippen molar-refractivity contribution in [3.05, 3.63) is 11.2 Å². The van der Waals surface area contributed by atoms with E-state index in [4.69, 9.17) is 19.0 Å². The van der Waals surface area contributed by atoms with Crippen LogP contribution in [0, 0.1) is 11.3 Å². The van der Waals surface area contributed by atoms with Gasteiger partial charge in [-0.3, -0.25) is 4.57 Å². The van der Waals surface area contributed by atoms with Crippen molar-refractivity contribution in [3.63, 3.8) is 0 Å².